The second kappa shape index (κ2) is 8.26. The minimum Gasteiger partial charge on any atom is -0.383 e. The van der Waals surface area contributed by atoms with Gasteiger partial charge in [-0.25, -0.2) is 4.68 Å². The molecule has 0 bridgehead atoms. The zero-order valence-electron chi connectivity index (χ0n) is 14.1. The molecule has 0 saturated heterocycles. The number of aromatic nitrogens is 2. The van der Waals surface area contributed by atoms with Gasteiger partial charge in [-0.1, -0.05) is 32.0 Å². The van der Waals surface area contributed by atoms with E-state index >= 15 is 0 Å². The Morgan fingerprint density at radius 3 is 2.58 bits per heavy atom. The molecule has 7 heteroatoms. The lowest BCUT2D eigenvalue weighted by atomic mass is 10.2. The van der Waals surface area contributed by atoms with Crippen LogP contribution in [0.25, 0.3) is 5.69 Å². The number of amides is 2. The van der Waals surface area contributed by atoms with Crippen molar-refractivity contribution in [1.29, 1.82) is 0 Å². The first-order chi connectivity index (χ1) is 11.5. The fraction of sp³-hybridized carbons (Fsp3) is 0.353. The molecule has 7 nitrogen and oxygen atoms in total. The van der Waals surface area contributed by atoms with Crippen LogP contribution in [0.5, 0.6) is 0 Å². The summed E-state index contributed by atoms with van der Waals surface area (Å²) in [5, 5.41) is 9.84. The number of nitrogens with one attached hydrogen (secondary N) is 2. The van der Waals surface area contributed by atoms with Crippen molar-refractivity contribution in [2.24, 2.45) is 5.92 Å². The number of para-hydroxylation sites is 1. The number of ether oxygens (including phenoxy) is 1. The van der Waals surface area contributed by atoms with Crippen LogP contribution < -0.4 is 10.6 Å². The van der Waals surface area contributed by atoms with Gasteiger partial charge in [0, 0.05) is 25.6 Å². The van der Waals surface area contributed by atoms with Gasteiger partial charge in [-0.05, 0) is 12.1 Å². The van der Waals surface area contributed by atoms with Crippen molar-refractivity contribution in [3.05, 3.63) is 42.1 Å². The smallest absolute Gasteiger partial charge is 0.271 e. The quantitative estimate of drug-likeness (QED) is 0.759. The Morgan fingerprint density at radius 1 is 1.25 bits per heavy atom. The second-order valence-corrected chi connectivity index (χ2v) is 5.55. The van der Waals surface area contributed by atoms with E-state index in [1.807, 2.05) is 30.3 Å². The van der Waals surface area contributed by atoms with Gasteiger partial charge in [-0.2, -0.15) is 5.10 Å². The fourth-order valence-electron chi connectivity index (χ4n) is 1.97. The predicted molar refractivity (Wildman–Crippen MR) is 91.2 cm³/mol. The van der Waals surface area contributed by atoms with Crippen molar-refractivity contribution in [2.45, 2.75) is 13.8 Å². The number of benzene rings is 1. The van der Waals surface area contributed by atoms with Crippen molar-refractivity contribution < 1.29 is 14.3 Å². The van der Waals surface area contributed by atoms with Crippen LogP contribution in [0.2, 0.25) is 0 Å². The first kappa shape index (κ1) is 17.7. The van der Waals surface area contributed by atoms with Gasteiger partial charge in [0.15, 0.2) is 5.69 Å². The molecule has 0 spiro atoms. The highest BCUT2D eigenvalue weighted by molar-refractivity contribution is 5.96. The van der Waals surface area contributed by atoms with Crippen molar-refractivity contribution in [2.75, 3.05) is 25.6 Å². The molecular formula is C17H22N4O3. The molecule has 0 aliphatic rings. The molecular weight excluding hydrogens is 308 g/mol. The summed E-state index contributed by atoms with van der Waals surface area (Å²) < 4.78 is 6.46. The molecule has 2 rings (SSSR count). The van der Waals surface area contributed by atoms with E-state index in [-0.39, 0.29) is 23.4 Å². The maximum Gasteiger partial charge on any atom is 0.271 e. The monoisotopic (exact) mass is 330 g/mol. The molecule has 0 fully saturated rings. The van der Waals surface area contributed by atoms with Gasteiger partial charge >= 0.3 is 0 Å². The summed E-state index contributed by atoms with van der Waals surface area (Å²) in [5.41, 5.74) is 0.988. The third-order valence-corrected chi connectivity index (χ3v) is 3.31. The van der Waals surface area contributed by atoms with Crippen LogP contribution in [0.15, 0.2) is 36.4 Å². The van der Waals surface area contributed by atoms with Crippen LogP contribution >= 0.6 is 0 Å². The Morgan fingerprint density at radius 2 is 1.96 bits per heavy atom. The Labute approximate surface area is 141 Å². The molecule has 0 radical (unpaired) electrons. The molecule has 0 unspecified atom stereocenters. The molecule has 0 saturated carbocycles. The molecule has 0 atom stereocenters. The topological polar surface area (TPSA) is 85.3 Å². The molecule has 2 N–H and O–H groups in total. The highest BCUT2D eigenvalue weighted by Crippen LogP contribution is 2.18. The van der Waals surface area contributed by atoms with Crippen molar-refractivity contribution in [3.63, 3.8) is 0 Å². The summed E-state index contributed by atoms with van der Waals surface area (Å²) in [7, 11) is 1.57. The largest absolute Gasteiger partial charge is 0.383 e. The van der Waals surface area contributed by atoms with Crippen molar-refractivity contribution in [3.8, 4) is 5.69 Å². The Balaban J connectivity index is 2.29. The van der Waals surface area contributed by atoms with E-state index in [1.54, 1.807) is 31.7 Å². The standard InChI is InChI=1S/C17H22N4O3/c1-12(2)16(22)19-15-11-14(17(23)18-9-10-24-3)20-21(15)13-7-5-4-6-8-13/h4-8,11-12H,9-10H2,1-3H3,(H,18,23)(H,19,22). The lowest BCUT2D eigenvalue weighted by molar-refractivity contribution is -0.118. The van der Waals surface area contributed by atoms with Crippen LogP contribution in [0.3, 0.4) is 0 Å². The summed E-state index contributed by atoms with van der Waals surface area (Å²) >= 11 is 0. The van der Waals surface area contributed by atoms with Gasteiger partial charge in [-0.15, -0.1) is 0 Å². The van der Waals surface area contributed by atoms with Crippen LogP contribution in [0, 0.1) is 5.92 Å². The highest BCUT2D eigenvalue weighted by atomic mass is 16.5. The summed E-state index contributed by atoms with van der Waals surface area (Å²) in [6.45, 7) is 4.41. The van der Waals surface area contributed by atoms with Crippen molar-refractivity contribution in [1.82, 2.24) is 15.1 Å². The number of rotatable bonds is 7. The van der Waals surface area contributed by atoms with E-state index in [1.165, 1.54) is 0 Å². The number of nitrogens with zero attached hydrogens (tertiary/aromatic N) is 2. The SMILES string of the molecule is COCCNC(=O)c1cc(NC(=O)C(C)C)n(-c2ccccc2)n1. The molecule has 0 aliphatic heterocycles. The molecule has 24 heavy (non-hydrogen) atoms. The average molecular weight is 330 g/mol. The van der Waals surface area contributed by atoms with Gasteiger partial charge in [-0.3, -0.25) is 9.59 Å². The molecule has 1 aromatic heterocycles. The summed E-state index contributed by atoms with van der Waals surface area (Å²) in [5.74, 6) is -0.180. The number of methoxy groups -OCH3 is 1. The van der Waals surface area contributed by atoms with E-state index in [4.69, 9.17) is 4.74 Å². The number of anilines is 1. The number of hydrogen-bond acceptors (Lipinski definition) is 4. The van der Waals surface area contributed by atoms with Crippen LogP contribution in [0.1, 0.15) is 24.3 Å². The molecule has 1 aromatic carbocycles. The average Bonchev–Trinajstić information content (AvgIpc) is 2.99. The van der Waals surface area contributed by atoms with Gasteiger partial charge in [0.05, 0.1) is 12.3 Å². The van der Waals surface area contributed by atoms with Crippen LogP contribution in [0.4, 0.5) is 5.82 Å². The van der Waals surface area contributed by atoms with E-state index in [0.717, 1.165) is 5.69 Å². The highest BCUT2D eigenvalue weighted by Gasteiger charge is 2.18. The molecule has 2 aromatic rings. The maximum absolute atomic E-state index is 12.2. The van der Waals surface area contributed by atoms with Gasteiger partial charge in [0.2, 0.25) is 5.91 Å². The number of carbonyl (C=O) groups is 2. The van der Waals surface area contributed by atoms with E-state index < -0.39 is 0 Å². The van der Waals surface area contributed by atoms with E-state index in [2.05, 4.69) is 15.7 Å². The Bertz CT molecular complexity index is 695. The fourth-order valence-corrected chi connectivity index (χ4v) is 1.97. The normalized spacial score (nSPS) is 10.7. The molecule has 128 valence electrons. The second-order valence-electron chi connectivity index (χ2n) is 5.55. The zero-order valence-corrected chi connectivity index (χ0v) is 14.1. The van der Waals surface area contributed by atoms with Crippen LogP contribution in [-0.4, -0.2) is 41.9 Å². The van der Waals surface area contributed by atoms with Gasteiger partial charge < -0.3 is 15.4 Å². The van der Waals surface area contributed by atoms with Gasteiger partial charge in [0.25, 0.3) is 5.91 Å². The minimum absolute atomic E-state index is 0.140. The lowest BCUT2D eigenvalue weighted by Crippen LogP contribution is -2.27. The molecule has 1 heterocycles. The van der Waals surface area contributed by atoms with E-state index in [0.29, 0.717) is 19.0 Å². The minimum atomic E-state index is -0.318. The summed E-state index contributed by atoms with van der Waals surface area (Å²) in [4.78, 5) is 24.2. The third kappa shape index (κ3) is 4.42. The first-order valence-electron chi connectivity index (χ1n) is 7.76. The maximum atomic E-state index is 12.2. The number of carbonyl (C=O) groups excluding carboxylic acids is 2. The third-order valence-electron chi connectivity index (χ3n) is 3.31. The zero-order chi connectivity index (χ0) is 17.5. The lowest BCUT2D eigenvalue weighted by Gasteiger charge is -2.10. The van der Waals surface area contributed by atoms with E-state index in [9.17, 15) is 9.59 Å². The van der Waals surface area contributed by atoms with Gasteiger partial charge in [0.1, 0.15) is 5.82 Å². The Kier molecular flexibility index (Phi) is 6.08. The first-order valence-corrected chi connectivity index (χ1v) is 7.76. The van der Waals surface area contributed by atoms with Crippen LogP contribution in [-0.2, 0) is 9.53 Å². The summed E-state index contributed by atoms with van der Waals surface area (Å²) in [6, 6.07) is 10.9. The predicted octanol–water partition coefficient (Wildman–Crippen LogP) is 1.84. The molecule has 2 amide bonds. The number of hydrogen-bond donors (Lipinski definition) is 2. The van der Waals surface area contributed by atoms with Crippen molar-refractivity contribution >= 4 is 17.6 Å². The summed E-state index contributed by atoms with van der Waals surface area (Å²) in [6.07, 6.45) is 0. The Hall–Kier alpha value is -2.67. The molecule has 0 aliphatic carbocycles.